The molecule has 0 radical (unpaired) electrons. The van der Waals surface area contributed by atoms with Crippen LogP contribution in [0.2, 0.25) is 0 Å². The van der Waals surface area contributed by atoms with E-state index in [0.29, 0.717) is 23.8 Å². The minimum atomic E-state index is -1.12. The summed E-state index contributed by atoms with van der Waals surface area (Å²) in [5, 5.41) is 11.7. The fourth-order valence-electron chi connectivity index (χ4n) is 1.89. The van der Waals surface area contributed by atoms with Crippen LogP contribution in [0.1, 0.15) is 24.4 Å². The summed E-state index contributed by atoms with van der Waals surface area (Å²) in [6, 6.07) is 5.45. The molecular weight excluding hydrogens is 274 g/mol. The predicted octanol–water partition coefficient (Wildman–Crippen LogP) is 1.36. The number of rotatable bonds is 8. The molecule has 1 amide bonds. The van der Waals surface area contributed by atoms with E-state index in [1.807, 2.05) is 0 Å². The highest BCUT2D eigenvalue weighted by molar-refractivity contribution is 5.85. The summed E-state index contributed by atoms with van der Waals surface area (Å²) < 4.78 is 10.3. The Morgan fingerprint density at radius 1 is 1.33 bits per heavy atom. The number of carbonyl (C=O) groups excluding carboxylic acids is 1. The third-order valence-corrected chi connectivity index (χ3v) is 3.29. The first kappa shape index (κ1) is 15.3. The van der Waals surface area contributed by atoms with Crippen LogP contribution in [-0.4, -0.2) is 37.3 Å². The lowest BCUT2D eigenvalue weighted by molar-refractivity contribution is -0.142. The standard InChI is InChI=1S/C15H19NO5/c1-20-12-6-4-11(5-7-12)14(15(18)19)16-13(17)9-21-8-10-2-3-10/h4-7,10,14H,2-3,8-9H2,1H3,(H,16,17)(H,18,19). The molecule has 1 atom stereocenters. The molecule has 1 unspecified atom stereocenters. The molecule has 0 bridgehead atoms. The lowest BCUT2D eigenvalue weighted by Crippen LogP contribution is -2.36. The van der Waals surface area contributed by atoms with Crippen LogP contribution < -0.4 is 10.1 Å². The van der Waals surface area contributed by atoms with Gasteiger partial charge < -0.3 is 19.9 Å². The normalized spacial score (nSPS) is 15.3. The number of ether oxygens (including phenoxy) is 2. The lowest BCUT2D eigenvalue weighted by Gasteiger charge is -2.15. The molecule has 0 heterocycles. The molecule has 2 N–H and O–H groups in total. The van der Waals surface area contributed by atoms with E-state index in [1.54, 1.807) is 24.3 Å². The zero-order valence-electron chi connectivity index (χ0n) is 11.9. The van der Waals surface area contributed by atoms with Crippen LogP contribution in [0.25, 0.3) is 0 Å². The number of benzene rings is 1. The van der Waals surface area contributed by atoms with Gasteiger partial charge in [-0.3, -0.25) is 4.79 Å². The van der Waals surface area contributed by atoms with Crippen molar-refractivity contribution in [2.75, 3.05) is 20.3 Å². The van der Waals surface area contributed by atoms with Gasteiger partial charge in [0.15, 0.2) is 6.04 Å². The van der Waals surface area contributed by atoms with Crippen molar-refractivity contribution in [3.05, 3.63) is 29.8 Å². The highest BCUT2D eigenvalue weighted by atomic mass is 16.5. The quantitative estimate of drug-likeness (QED) is 0.756. The van der Waals surface area contributed by atoms with Gasteiger partial charge in [-0.25, -0.2) is 4.79 Å². The van der Waals surface area contributed by atoms with E-state index in [9.17, 15) is 14.7 Å². The third-order valence-electron chi connectivity index (χ3n) is 3.29. The van der Waals surface area contributed by atoms with Gasteiger partial charge in [-0.15, -0.1) is 0 Å². The lowest BCUT2D eigenvalue weighted by atomic mass is 10.1. The van der Waals surface area contributed by atoms with Crippen molar-refractivity contribution in [3.8, 4) is 5.75 Å². The number of amides is 1. The molecule has 1 fully saturated rings. The van der Waals surface area contributed by atoms with Gasteiger partial charge in [0.2, 0.25) is 5.91 Å². The monoisotopic (exact) mass is 293 g/mol. The molecule has 114 valence electrons. The van der Waals surface area contributed by atoms with Crippen molar-refractivity contribution < 1.29 is 24.2 Å². The SMILES string of the molecule is COc1ccc(C(NC(=O)COCC2CC2)C(=O)O)cc1. The number of nitrogens with one attached hydrogen (secondary N) is 1. The number of aliphatic carboxylic acids is 1. The summed E-state index contributed by atoms with van der Waals surface area (Å²) in [5.74, 6) is -0.355. The maximum atomic E-state index is 11.7. The number of carbonyl (C=O) groups is 2. The molecule has 6 nitrogen and oxygen atoms in total. The van der Waals surface area contributed by atoms with Gasteiger partial charge in [0.05, 0.1) is 13.7 Å². The van der Waals surface area contributed by atoms with Crippen LogP contribution in [0.3, 0.4) is 0 Å². The summed E-state index contributed by atoms with van der Waals surface area (Å²) in [7, 11) is 1.53. The van der Waals surface area contributed by atoms with Gasteiger partial charge >= 0.3 is 5.97 Å². The van der Waals surface area contributed by atoms with Crippen LogP contribution >= 0.6 is 0 Å². The summed E-state index contributed by atoms with van der Waals surface area (Å²) in [6.07, 6.45) is 2.29. The van der Waals surface area contributed by atoms with Crippen molar-refractivity contribution in [2.24, 2.45) is 5.92 Å². The summed E-state index contributed by atoms with van der Waals surface area (Å²) in [6.45, 7) is 0.449. The first-order chi connectivity index (χ1) is 10.1. The largest absolute Gasteiger partial charge is 0.497 e. The molecule has 2 rings (SSSR count). The average Bonchev–Trinajstić information content (AvgIpc) is 3.29. The zero-order valence-corrected chi connectivity index (χ0v) is 11.9. The zero-order chi connectivity index (χ0) is 15.2. The van der Waals surface area contributed by atoms with Crippen LogP contribution in [-0.2, 0) is 14.3 Å². The molecule has 0 aliphatic heterocycles. The molecule has 6 heteroatoms. The van der Waals surface area contributed by atoms with Crippen molar-refractivity contribution in [1.82, 2.24) is 5.32 Å². The topological polar surface area (TPSA) is 84.9 Å². The van der Waals surface area contributed by atoms with Gasteiger partial charge in [0.1, 0.15) is 12.4 Å². The van der Waals surface area contributed by atoms with E-state index in [-0.39, 0.29) is 6.61 Å². The molecule has 0 aromatic heterocycles. The van der Waals surface area contributed by atoms with E-state index < -0.39 is 17.9 Å². The highest BCUT2D eigenvalue weighted by Crippen LogP contribution is 2.28. The summed E-state index contributed by atoms with van der Waals surface area (Å²) in [5.41, 5.74) is 0.485. The highest BCUT2D eigenvalue weighted by Gasteiger charge is 2.24. The Labute approximate surface area is 123 Å². The fraction of sp³-hybridized carbons (Fsp3) is 0.467. The molecule has 1 saturated carbocycles. The molecule has 1 aromatic rings. The van der Waals surface area contributed by atoms with Crippen LogP contribution in [0.4, 0.5) is 0 Å². The van der Waals surface area contributed by atoms with Gasteiger partial charge in [-0.05, 0) is 36.5 Å². The summed E-state index contributed by atoms with van der Waals surface area (Å²) >= 11 is 0. The van der Waals surface area contributed by atoms with Gasteiger partial charge in [0.25, 0.3) is 0 Å². The second-order valence-electron chi connectivity index (χ2n) is 5.07. The number of hydrogen-bond donors (Lipinski definition) is 2. The minimum absolute atomic E-state index is 0.115. The van der Waals surface area contributed by atoms with E-state index >= 15 is 0 Å². The summed E-state index contributed by atoms with van der Waals surface area (Å²) in [4.78, 5) is 23.0. The Morgan fingerprint density at radius 2 is 2.00 bits per heavy atom. The Kier molecular flexibility index (Phi) is 5.16. The van der Waals surface area contributed by atoms with Crippen LogP contribution in [0, 0.1) is 5.92 Å². The van der Waals surface area contributed by atoms with Gasteiger partial charge in [-0.1, -0.05) is 12.1 Å². The van der Waals surface area contributed by atoms with Crippen molar-refractivity contribution >= 4 is 11.9 Å². The maximum Gasteiger partial charge on any atom is 0.330 e. The second-order valence-corrected chi connectivity index (χ2v) is 5.07. The Bertz CT molecular complexity index is 495. The van der Waals surface area contributed by atoms with Gasteiger partial charge in [0, 0.05) is 0 Å². The maximum absolute atomic E-state index is 11.7. The number of methoxy groups -OCH3 is 1. The Morgan fingerprint density at radius 3 is 2.52 bits per heavy atom. The van der Waals surface area contributed by atoms with E-state index in [1.165, 1.54) is 7.11 Å². The van der Waals surface area contributed by atoms with E-state index in [0.717, 1.165) is 12.8 Å². The van der Waals surface area contributed by atoms with Gasteiger partial charge in [-0.2, -0.15) is 0 Å². The third kappa shape index (κ3) is 4.75. The van der Waals surface area contributed by atoms with Crippen LogP contribution in [0.5, 0.6) is 5.75 Å². The Hall–Kier alpha value is -2.08. The number of carboxylic acid groups (broad SMARTS) is 1. The average molecular weight is 293 g/mol. The molecule has 21 heavy (non-hydrogen) atoms. The molecule has 0 spiro atoms. The van der Waals surface area contributed by atoms with Crippen molar-refractivity contribution in [2.45, 2.75) is 18.9 Å². The minimum Gasteiger partial charge on any atom is -0.497 e. The first-order valence-electron chi connectivity index (χ1n) is 6.84. The smallest absolute Gasteiger partial charge is 0.330 e. The Balaban J connectivity index is 1.90. The van der Waals surface area contributed by atoms with E-state index in [2.05, 4.69) is 5.32 Å². The molecule has 0 saturated heterocycles. The van der Waals surface area contributed by atoms with E-state index in [4.69, 9.17) is 9.47 Å². The number of carboxylic acids is 1. The number of hydrogen-bond acceptors (Lipinski definition) is 4. The van der Waals surface area contributed by atoms with Crippen molar-refractivity contribution in [3.63, 3.8) is 0 Å². The fourth-order valence-corrected chi connectivity index (χ4v) is 1.89. The first-order valence-corrected chi connectivity index (χ1v) is 6.84. The predicted molar refractivity (Wildman–Crippen MR) is 75.1 cm³/mol. The molecule has 1 aromatic carbocycles. The molecular formula is C15H19NO5. The van der Waals surface area contributed by atoms with Crippen LogP contribution in [0.15, 0.2) is 24.3 Å². The van der Waals surface area contributed by atoms with Crippen molar-refractivity contribution in [1.29, 1.82) is 0 Å². The molecule has 1 aliphatic carbocycles. The molecule has 1 aliphatic rings. The second kappa shape index (κ2) is 7.08.